The number of aromatic nitrogens is 2. The molecule has 0 aromatic carbocycles. The highest BCUT2D eigenvalue weighted by molar-refractivity contribution is 5.76. The molecular weight excluding hydrogens is 170 g/mol. The van der Waals surface area contributed by atoms with Gasteiger partial charge in [0.25, 0.3) is 0 Å². The Bertz CT molecular complexity index is 321. The van der Waals surface area contributed by atoms with Crippen molar-refractivity contribution in [1.82, 2.24) is 14.6 Å². The molecule has 70 valence electrons. The van der Waals surface area contributed by atoms with Gasteiger partial charge < -0.3 is 4.57 Å². The summed E-state index contributed by atoms with van der Waals surface area (Å²) in [5.41, 5.74) is 0.845. The summed E-state index contributed by atoms with van der Waals surface area (Å²) in [4.78, 5) is 20.4. The standard InChI is InChI=1S/C8H11N3O2/c1-10-4-7(9-6-10)5-11-8(12)2-3-13-11/h4,6H,2-3,5H2,1H3. The Morgan fingerprint density at radius 2 is 2.54 bits per heavy atom. The third-order valence-corrected chi connectivity index (χ3v) is 1.91. The Hall–Kier alpha value is -1.36. The van der Waals surface area contributed by atoms with Gasteiger partial charge in [0.15, 0.2) is 0 Å². The predicted octanol–water partition coefficient (Wildman–Crippen LogP) is 0.0840. The number of imidazole rings is 1. The third-order valence-electron chi connectivity index (χ3n) is 1.91. The van der Waals surface area contributed by atoms with Crippen LogP contribution in [0.4, 0.5) is 0 Å². The zero-order chi connectivity index (χ0) is 9.26. The molecule has 2 heterocycles. The van der Waals surface area contributed by atoms with Crippen LogP contribution >= 0.6 is 0 Å². The molecular formula is C8H11N3O2. The Morgan fingerprint density at radius 3 is 3.08 bits per heavy atom. The van der Waals surface area contributed by atoms with E-state index in [2.05, 4.69) is 4.98 Å². The number of carbonyl (C=O) groups excluding carboxylic acids is 1. The summed E-state index contributed by atoms with van der Waals surface area (Å²) >= 11 is 0. The summed E-state index contributed by atoms with van der Waals surface area (Å²) in [6, 6.07) is 0. The van der Waals surface area contributed by atoms with Gasteiger partial charge in [0, 0.05) is 13.2 Å². The van der Waals surface area contributed by atoms with Crippen molar-refractivity contribution < 1.29 is 9.63 Å². The number of hydroxylamine groups is 2. The molecule has 0 aliphatic carbocycles. The van der Waals surface area contributed by atoms with Gasteiger partial charge >= 0.3 is 0 Å². The highest BCUT2D eigenvalue weighted by Gasteiger charge is 2.22. The zero-order valence-corrected chi connectivity index (χ0v) is 7.43. The summed E-state index contributed by atoms with van der Waals surface area (Å²) < 4.78 is 1.84. The monoisotopic (exact) mass is 181 g/mol. The van der Waals surface area contributed by atoms with Gasteiger partial charge in [0.05, 0.1) is 31.6 Å². The van der Waals surface area contributed by atoms with Crippen molar-refractivity contribution in [3.05, 3.63) is 18.2 Å². The van der Waals surface area contributed by atoms with Crippen molar-refractivity contribution in [2.24, 2.45) is 7.05 Å². The normalized spacial score (nSPS) is 17.0. The van der Waals surface area contributed by atoms with Crippen LogP contribution in [0, 0.1) is 0 Å². The number of rotatable bonds is 2. The van der Waals surface area contributed by atoms with Gasteiger partial charge in [-0.1, -0.05) is 0 Å². The predicted molar refractivity (Wildman–Crippen MR) is 44.3 cm³/mol. The minimum absolute atomic E-state index is 0.0330. The molecule has 1 amide bonds. The molecule has 1 aliphatic rings. The summed E-state index contributed by atoms with van der Waals surface area (Å²) in [6.07, 6.45) is 4.05. The van der Waals surface area contributed by atoms with Crippen molar-refractivity contribution in [3.8, 4) is 0 Å². The highest BCUT2D eigenvalue weighted by atomic mass is 16.7. The number of nitrogens with zero attached hydrogens (tertiary/aromatic N) is 3. The lowest BCUT2D eigenvalue weighted by molar-refractivity contribution is -0.164. The van der Waals surface area contributed by atoms with E-state index in [4.69, 9.17) is 4.84 Å². The van der Waals surface area contributed by atoms with Crippen molar-refractivity contribution in [2.75, 3.05) is 6.61 Å². The van der Waals surface area contributed by atoms with E-state index in [1.54, 1.807) is 6.33 Å². The van der Waals surface area contributed by atoms with E-state index in [-0.39, 0.29) is 5.91 Å². The van der Waals surface area contributed by atoms with Crippen molar-refractivity contribution in [1.29, 1.82) is 0 Å². The summed E-state index contributed by atoms with van der Waals surface area (Å²) in [7, 11) is 1.89. The minimum Gasteiger partial charge on any atom is -0.340 e. The lowest BCUT2D eigenvalue weighted by Crippen LogP contribution is -2.22. The fourth-order valence-corrected chi connectivity index (χ4v) is 1.27. The molecule has 0 saturated carbocycles. The lowest BCUT2D eigenvalue weighted by Gasteiger charge is -2.11. The molecule has 13 heavy (non-hydrogen) atoms. The molecule has 2 rings (SSSR count). The molecule has 0 atom stereocenters. The molecule has 0 N–H and O–H groups in total. The van der Waals surface area contributed by atoms with E-state index in [9.17, 15) is 4.79 Å². The van der Waals surface area contributed by atoms with Gasteiger partial charge in [0.1, 0.15) is 0 Å². The van der Waals surface area contributed by atoms with Gasteiger partial charge in [-0.15, -0.1) is 0 Å². The van der Waals surface area contributed by atoms with Crippen LogP contribution in [0.2, 0.25) is 0 Å². The molecule has 0 radical (unpaired) electrons. The fourth-order valence-electron chi connectivity index (χ4n) is 1.27. The van der Waals surface area contributed by atoms with E-state index >= 15 is 0 Å². The molecule has 5 nitrogen and oxygen atoms in total. The largest absolute Gasteiger partial charge is 0.340 e. The molecule has 0 spiro atoms. The summed E-state index contributed by atoms with van der Waals surface area (Å²) in [5, 5.41) is 1.36. The first-order valence-electron chi connectivity index (χ1n) is 4.16. The SMILES string of the molecule is Cn1cnc(CN2OCCC2=O)c1. The smallest absolute Gasteiger partial charge is 0.248 e. The molecule has 1 aromatic heterocycles. The van der Waals surface area contributed by atoms with Crippen LogP contribution in [-0.2, 0) is 23.2 Å². The van der Waals surface area contributed by atoms with Crippen LogP contribution in [0.3, 0.4) is 0 Å². The maximum atomic E-state index is 11.2. The van der Waals surface area contributed by atoms with Gasteiger partial charge in [-0.3, -0.25) is 9.63 Å². The average molecular weight is 181 g/mol. The van der Waals surface area contributed by atoms with Gasteiger partial charge in [-0.25, -0.2) is 10.0 Å². The van der Waals surface area contributed by atoms with Crippen LogP contribution in [0.25, 0.3) is 0 Å². The fraction of sp³-hybridized carbons (Fsp3) is 0.500. The molecule has 0 unspecified atom stereocenters. The van der Waals surface area contributed by atoms with Crippen LogP contribution in [0.15, 0.2) is 12.5 Å². The second-order valence-electron chi connectivity index (χ2n) is 3.04. The maximum Gasteiger partial charge on any atom is 0.248 e. The number of carbonyl (C=O) groups is 1. The van der Waals surface area contributed by atoms with Gasteiger partial charge in [-0.2, -0.15) is 0 Å². The number of hydrogen-bond donors (Lipinski definition) is 0. The first-order chi connectivity index (χ1) is 6.25. The van der Waals surface area contributed by atoms with Crippen molar-refractivity contribution >= 4 is 5.91 Å². The Morgan fingerprint density at radius 1 is 1.69 bits per heavy atom. The number of amides is 1. The maximum absolute atomic E-state index is 11.2. The van der Waals surface area contributed by atoms with Crippen molar-refractivity contribution in [2.45, 2.75) is 13.0 Å². The van der Waals surface area contributed by atoms with E-state index in [1.165, 1.54) is 5.06 Å². The van der Waals surface area contributed by atoms with Gasteiger partial charge in [0.2, 0.25) is 5.91 Å². The second kappa shape index (κ2) is 3.18. The van der Waals surface area contributed by atoms with Crippen LogP contribution < -0.4 is 0 Å². The number of aryl methyl sites for hydroxylation is 1. The lowest BCUT2D eigenvalue weighted by atomic mass is 10.4. The molecule has 0 bridgehead atoms. The van der Waals surface area contributed by atoms with E-state index in [1.807, 2.05) is 17.8 Å². The van der Waals surface area contributed by atoms with Gasteiger partial charge in [-0.05, 0) is 0 Å². The third kappa shape index (κ3) is 1.70. The Labute approximate surface area is 75.9 Å². The molecule has 1 fully saturated rings. The molecule has 1 saturated heterocycles. The Kier molecular flexibility index (Phi) is 2.02. The van der Waals surface area contributed by atoms with Crippen LogP contribution in [0.5, 0.6) is 0 Å². The molecule has 1 aliphatic heterocycles. The minimum atomic E-state index is 0.0330. The summed E-state index contributed by atoms with van der Waals surface area (Å²) in [6.45, 7) is 0.936. The first kappa shape index (κ1) is 8.25. The van der Waals surface area contributed by atoms with Crippen molar-refractivity contribution in [3.63, 3.8) is 0 Å². The highest BCUT2D eigenvalue weighted by Crippen LogP contribution is 2.10. The summed E-state index contributed by atoms with van der Waals surface area (Å²) in [5.74, 6) is 0.0330. The van der Waals surface area contributed by atoms with E-state index < -0.39 is 0 Å². The van der Waals surface area contributed by atoms with Crippen LogP contribution in [0.1, 0.15) is 12.1 Å². The number of hydrogen-bond acceptors (Lipinski definition) is 3. The van der Waals surface area contributed by atoms with E-state index in [0.29, 0.717) is 19.6 Å². The van der Waals surface area contributed by atoms with E-state index in [0.717, 1.165) is 5.69 Å². The molecule has 5 heteroatoms. The molecule has 1 aromatic rings. The van der Waals surface area contributed by atoms with Crippen LogP contribution in [-0.4, -0.2) is 27.1 Å². The zero-order valence-electron chi connectivity index (χ0n) is 7.43. The quantitative estimate of drug-likeness (QED) is 0.649. The topological polar surface area (TPSA) is 47.4 Å². The second-order valence-corrected chi connectivity index (χ2v) is 3.04. The first-order valence-corrected chi connectivity index (χ1v) is 4.16. The average Bonchev–Trinajstić information content (AvgIpc) is 2.64. The Balaban J connectivity index is 2.01.